The standard InChI is InChI=1S/C14H22BrNO2S/c1-3-18-14(6-8-17-9-7-14)12(16-2)10-11-4-5-13(15)19-11/h4-5,12,16H,3,6-10H2,1-2H3. The van der Waals surface area contributed by atoms with Gasteiger partial charge in [-0.1, -0.05) is 0 Å². The highest BCUT2D eigenvalue weighted by Gasteiger charge is 2.40. The second-order valence-electron chi connectivity index (χ2n) is 4.86. The highest BCUT2D eigenvalue weighted by molar-refractivity contribution is 9.11. The topological polar surface area (TPSA) is 30.5 Å². The molecule has 1 atom stereocenters. The minimum absolute atomic E-state index is 0.0851. The van der Waals surface area contributed by atoms with Gasteiger partial charge in [-0.25, -0.2) is 0 Å². The summed E-state index contributed by atoms with van der Waals surface area (Å²) in [6.07, 6.45) is 2.95. The Morgan fingerprint density at radius 1 is 1.47 bits per heavy atom. The van der Waals surface area contributed by atoms with Gasteiger partial charge in [0.05, 0.1) is 9.39 Å². The summed E-state index contributed by atoms with van der Waals surface area (Å²) in [4.78, 5) is 1.39. The van der Waals surface area contributed by atoms with Crippen LogP contribution in [-0.2, 0) is 15.9 Å². The van der Waals surface area contributed by atoms with Gasteiger partial charge in [-0.05, 0) is 48.5 Å². The molecule has 0 bridgehead atoms. The van der Waals surface area contributed by atoms with Crippen molar-refractivity contribution in [3.63, 3.8) is 0 Å². The first kappa shape index (κ1) is 15.4. The minimum Gasteiger partial charge on any atom is -0.381 e. The van der Waals surface area contributed by atoms with Crippen molar-refractivity contribution >= 4 is 27.3 Å². The van der Waals surface area contributed by atoms with Crippen molar-refractivity contribution in [3.05, 3.63) is 20.8 Å². The predicted octanol–water partition coefficient (Wildman–Crippen LogP) is 3.23. The molecule has 5 heteroatoms. The minimum atomic E-state index is -0.0851. The van der Waals surface area contributed by atoms with Gasteiger partial charge >= 0.3 is 0 Å². The van der Waals surface area contributed by atoms with Crippen LogP contribution >= 0.6 is 27.3 Å². The summed E-state index contributed by atoms with van der Waals surface area (Å²) in [5.41, 5.74) is -0.0851. The Labute approximate surface area is 127 Å². The molecule has 1 unspecified atom stereocenters. The zero-order valence-electron chi connectivity index (χ0n) is 11.6. The number of thiophene rings is 1. The van der Waals surface area contributed by atoms with E-state index >= 15 is 0 Å². The van der Waals surface area contributed by atoms with Gasteiger partial charge in [0.2, 0.25) is 0 Å². The maximum atomic E-state index is 6.15. The van der Waals surface area contributed by atoms with Crippen molar-refractivity contribution in [3.8, 4) is 0 Å². The van der Waals surface area contributed by atoms with E-state index in [4.69, 9.17) is 9.47 Å². The Hall–Kier alpha value is 0.0600. The van der Waals surface area contributed by atoms with Gasteiger partial charge in [0.15, 0.2) is 0 Å². The van der Waals surface area contributed by atoms with Gasteiger partial charge in [0.25, 0.3) is 0 Å². The van der Waals surface area contributed by atoms with Crippen molar-refractivity contribution < 1.29 is 9.47 Å². The molecule has 1 aliphatic rings. The van der Waals surface area contributed by atoms with E-state index in [0.29, 0.717) is 6.04 Å². The quantitative estimate of drug-likeness (QED) is 0.856. The van der Waals surface area contributed by atoms with Gasteiger partial charge in [-0.3, -0.25) is 0 Å². The molecule has 19 heavy (non-hydrogen) atoms. The number of rotatable bonds is 6. The lowest BCUT2D eigenvalue weighted by Crippen LogP contribution is -2.55. The fourth-order valence-electron chi connectivity index (χ4n) is 2.81. The molecule has 2 rings (SSSR count). The molecule has 2 heterocycles. The van der Waals surface area contributed by atoms with Crippen LogP contribution in [0.4, 0.5) is 0 Å². The lowest BCUT2D eigenvalue weighted by Gasteiger charge is -2.43. The average Bonchev–Trinajstić information content (AvgIpc) is 2.83. The molecule has 0 saturated carbocycles. The molecular formula is C14H22BrNO2S. The van der Waals surface area contributed by atoms with Gasteiger partial charge < -0.3 is 14.8 Å². The van der Waals surface area contributed by atoms with Gasteiger partial charge in [0, 0.05) is 43.6 Å². The van der Waals surface area contributed by atoms with E-state index in [1.54, 1.807) is 11.3 Å². The number of hydrogen-bond acceptors (Lipinski definition) is 4. The first-order valence-corrected chi connectivity index (χ1v) is 8.44. The second-order valence-corrected chi connectivity index (χ2v) is 7.41. The third-order valence-corrected chi connectivity index (χ3v) is 5.43. The smallest absolute Gasteiger partial charge is 0.0881 e. The van der Waals surface area contributed by atoms with E-state index < -0.39 is 0 Å². The zero-order chi connectivity index (χ0) is 13.7. The maximum absolute atomic E-state index is 6.15. The normalized spacial score (nSPS) is 20.4. The van der Waals surface area contributed by atoms with Gasteiger partial charge in [0.1, 0.15) is 0 Å². The fraction of sp³-hybridized carbons (Fsp3) is 0.714. The fourth-order valence-corrected chi connectivity index (χ4v) is 4.34. The number of likely N-dealkylation sites (N-methyl/N-ethyl adjacent to an activating group) is 1. The van der Waals surface area contributed by atoms with E-state index in [2.05, 4.69) is 40.3 Å². The van der Waals surface area contributed by atoms with Crippen LogP contribution in [0, 0.1) is 0 Å². The molecule has 3 nitrogen and oxygen atoms in total. The first-order chi connectivity index (χ1) is 9.20. The van der Waals surface area contributed by atoms with Crippen molar-refractivity contribution in [1.29, 1.82) is 0 Å². The van der Waals surface area contributed by atoms with Crippen molar-refractivity contribution in [2.75, 3.05) is 26.9 Å². The molecule has 0 amide bonds. The monoisotopic (exact) mass is 347 g/mol. The zero-order valence-corrected chi connectivity index (χ0v) is 14.0. The van der Waals surface area contributed by atoms with Crippen LogP contribution in [0.5, 0.6) is 0 Å². The number of halogens is 1. The van der Waals surface area contributed by atoms with E-state index in [1.807, 2.05) is 7.05 Å². The van der Waals surface area contributed by atoms with Crippen LogP contribution in [0.3, 0.4) is 0 Å². The molecule has 0 spiro atoms. The predicted molar refractivity (Wildman–Crippen MR) is 83.0 cm³/mol. The SMILES string of the molecule is CCOC1(C(Cc2ccc(Br)s2)NC)CCOCC1. The Bertz CT molecular complexity index is 385. The summed E-state index contributed by atoms with van der Waals surface area (Å²) in [7, 11) is 2.03. The van der Waals surface area contributed by atoms with Gasteiger partial charge in [-0.2, -0.15) is 0 Å². The van der Waals surface area contributed by atoms with Crippen LogP contribution in [0.1, 0.15) is 24.6 Å². The van der Waals surface area contributed by atoms with E-state index in [9.17, 15) is 0 Å². The summed E-state index contributed by atoms with van der Waals surface area (Å²) in [5.74, 6) is 0. The van der Waals surface area contributed by atoms with Crippen LogP contribution in [0.2, 0.25) is 0 Å². The Kier molecular flexibility index (Phi) is 5.84. The van der Waals surface area contributed by atoms with Crippen LogP contribution in [-0.4, -0.2) is 38.5 Å². The number of ether oxygens (including phenoxy) is 2. The third kappa shape index (κ3) is 3.79. The Balaban J connectivity index is 2.12. The average molecular weight is 348 g/mol. The lowest BCUT2D eigenvalue weighted by molar-refractivity contribution is -0.125. The van der Waals surface area contributed by atoms with E-state index in [1.165, 1.54) is 8.66 Å². The molecule has 1 fully saturated rings. The molecule has 1 N–H and O–H groups in total. The van der Waals surface area contributed by atoms with Gasteiger partial charge in [-0.15, -0.1) is 11.3 Å². The molecule has 1 aromatic rings. The molecule has 1 saturated heterocycles. The summed E-state index contributed by atoms with van der Waals surface area (Å²) in [6.45, 7) is 4.43. The van der Waals surface area contributed by atoms with Crippen molar-refractivity contribution in [2.45, 2.75) is 37.8 Å². The van der Waals surface area contributed by atoms with Crippen LogP contribution in [0.15, 0.2) is 15.9 Å². The highest BCUT2D eigenvalue weighted by Crippen LogP contribution is 2.32. The molecule has 0 radical (unpaired) electrons. The molecule has 0 aliphatic carbocycles. The van der Waals surface area contributed by atoms with Crippen molar-refractivity contribution in [2.24, 2.45) is 0 Å². The van der Waals surface area contributed by atoms with E-state index in [-0.39, 0.29) is 5.60 Å². The summed E-state index contributed by atoms with van der Waals surface area (Å²) in [5, 5.41) is 3.47. The van der Waals surface area contributed by atoms with Crippen LogP contribution < -0.4 is 5.32 Å². The Morgan fingerprint density at radius 3 is 2.74 bits per heavy atom. The second kappa shape index (κ2) is 7.18. The Morgan fingerprint density at radius 2 is 2.21 bits per heavy atom. The number of hydrogen-bond donors (Lipinski definition) is 1. The molecule has 1 aliphatic heterocycles. The number of nitrogens with one attached hydrogen (secondary N) is 1. The maximum Gasteiger partial charge on any atom is 0.0881 e. The summed E-state index contributed by atoms with van der Waals surface area (Å²) < 4.78 is 12.8. The first-order valence-electron chi connectivity index (χ1n) is 6.83. The summed E-state index contributed by atoms with van der Waals surface area (Å²) in [6, 6.07) is 4.64. The van der Waals surface area contributed by atoms with Crippen molar-refractivity contribution in [1.82, 2.24) is 5.32 Å². The summed E-state index contributed by atoms with van der Waals surface area (Å²) >= 11 is 5.33. The highest BCUT2D eigenvalue weighted by atomic mass is 79.9. The van der Waals surface area contributed by atoms with Crippen LogP contribution in [0.25, 0.3) is 0 Å². The largest absolute Gasteiger partial charge is 0.381 e. The molecule has 0 aromatic carbocycles. The molecule has 108 valence electrons. The molecular weight excluding hydrogens is 326 g/mol. The molecule has 1 aromatic heterocycles. The van der Waals surface area contributed by atoms with E-state index in [0.717, 1.165) is 39.1 Å². The lowest BCUT2D eigenvalue weighted by atomic mass is 9.84. The third-order valence-electron chi connectivity index (χ3n) is 3.79.